The molecule has 148 valence electrons. The summed E-state index contributed by atoms with van der Waals surface area (Å²) >= 11 is 19.5. The van der Waals surface area contributed by atoms with Gasteiger partial charge in [0.2, 0.25) is 5.91 Å². The molecule has 3 aromatic rings. The van der Waals surface area contributed by atoms with Crippen LogP contribution in [0.3, 0.4) is 0 Å². The number of carbonyl (C=O) groups excluding carboxylic acids is 1. The highest BCUT2D eigenvalue weighted by molar-refractivity contribution is 14.1. The van der Waals surface area contributed by atoms with Gasteiger partial charge >= 0.3 is 0 Å². The molecule has 1 heterocycles. The number of thiocarbonyl (C=S) groups is 1. The Morgan fingerprint density at radius 1 is 1.10 bits per heavy atom. The van der Waals surface area contributed by atoms with Crippen molar-refractivity contribution in [3.63, 3.8) is 0 Å². The van der Waals surface area contributed by atoms with Crippen molar-refractivity contribution in [2.24, 2.45) is 0 Å². The van der Waals surface area contributed by atoms with Gasteiger partial charge < -0.3 is 9.73 Å². The van der Waals surface area contributed by atoms with Crippen molar-refractivity contribution in [1.82, 2.24) is 5.32 Å². The van der Waals surface area contributed by atoms with E-state index in [1.165, 1.54) is 6.08 Å². The lowest BCUT2D eigenvalue weighted by atomic mass is 10.2. The van der Waals surface area contributed by atoms with Gasteiger partial charge in [0.1, 0.15) is 11.5 Å². The van der Waals surface area contributed by atoms with Crippen molar-refractivity contribution < 1.29 is 9.21 Å². The summed E-state index contributed by atoms with van der Waals surface area (Å²) in [6.45, 7) is 1.97. The van der Waals surface area contributed by atoms with Crippen LogP contribution in [0.1, 0.15) is 11.3 Å². The van der Waals surface area contributed by atoms with E-state index < -0.39 is 0 Å². The van der Waals surface area contributed by atoms with Crippen LogP contribution in [0.25, 0.3) is 17.4 Å². The molecule has 0 aliphatic rings. The molecule has 1 aromatic heterocycles. The van der Waals surface area contributed by atoms with E-state index in [1.807, 2.05) is 25.1 Å². The lowest BCUT2D eigenvalue weighted by Gasteiger charge is -2.10. The van der Waals surface area contributed by atoms with E-state index in [4.69, 9.17) is 39.8 Å². The molecule has 8 heteroatoms. The Morgan fingerprint density at radius 3 is 2.52 bits per heavy atom. The number of halogens is 3. The van der Waals surface area contributed by atoms with Crippen molar-refractivity contribution >= 4 is 80.8 Å². The van der Waals surface area contributed by atoms with Crippen LogP contribution in [-0.4, -0.2) is 11.0 Å². The number of hydrogen-bond acceptors (Lipinski definition) is 3. The Kier molecular flexibility index (Phi) is 7.34. The van der Waals surface area contributed by atoms with Crippen molar-refractivity contribution in [1.29, 1.82) is 0 Å². The number of nitrogens with one attached hydrogen (secondary N) is 2. The van der Waals surface area contributed by atoms with E-state index >= 15 is 0 Å². The van der Waals surface area contributed by atoms with Crippen LogP contribution in [-0.2, 0) is 4.79 Å². The van der Waals surface area contributed by atoms with Gasteiger partial charge in [0.25, 0.3) is 0 Å². The molecule has 29 heavy (non-hydrogen) atoms. The maximum absolute atomic E-state index is 12.1. The van der Waals surface area contributed by atoms with E-state index in [1.54, 1.807) is 36.4 Å². The summed E-state index contributed by atoms with van der Waals surface area (Å²) in [4.78, 5) is 12.1. The molecule has 0 spiro atoms. The van der Waals surface area contributed by atoms with Gasteiger partial charge in [-0.3, -0.25) is 10.1 Å². The Morgan fingerprint density at radius 2 is 1.83 bits per heavy atom. The number of carbonyl (C=O) groups is 1. The molecule has 1 amide bonds. The average Bonchev–Trinajstić information content (AvgIpc) is 3.11. The molecule has 0 fully saturated rings. The summed E-state index contributed by atoms with van der Waals surface area (Å²) in [6, 6.07) is 14.6. The fourth-order valence-electron chi connectivity index (χ4n) is 2.53. The van der Waals surface area contributed by atoms with E-state index in [9.17, 15) is 4.79 Å². The normalized spacial score (nSPS) is 10.9. The monoisotopic (exact) mass is 556 g/mol. The van der Waals surface area contributed by atoms with E-state index in [2.05, 4.69) is 33.2 Å². The first-order valence-electron chi connectivity index (χ1n) is 8.42. The molecule has 2 N–H and O–H groups in total. The fraction of sp³-hybridized carbons (Fsp3) is 0.0476. The van der Waals surface area contributed by atoms with Crippen molar-refractivity contribution in [3.8, 4) is 11.3 Å². The molecule has 0 saturated carbocycles. The highest BCUT2D eigenvalue weighted by Crippen LogP contribution is 2.28. The molecule has 2 aromatic carbocycles. The Bertz CT molecular complexity index is 1090. The lowest BCUT2D eigenvalue weighted by molar-refractivity contribution is -0.115. The van der Waals surface area contributed by atoms with Gasteiger partial charge in [-0.25, -0.2) is 0 Å². The molecule has 0 aliphatic carbocycles. The largest absolute Gasteiger partial charge is 0.457 e. The number of hydrogen-bond donors (Lipinski definition) is 2. The standard InChI is InChI=1S/C21H15Cl2IN2O2S/c1-12-8-16(24)2-5-18(12)25-21(29)26-20(27)7-4-17-3-6-19(28-17)13-9-14(22)11-15(23)10-13/h2-11H,1H3,(H2,25,26,27,29)/b7-4+. The summed E-state index contributed by atoms with van der Waals surface area (Å²) in [7, 11) is 0. The van der Waals surface area contributed by atoms with Gasteiger partial charge in [-0.15, -0.1) is 0 Å². The van der Waals surface area contributed by atoms with Crippen LogP contribution in [0.5, 0.6) is 0 Å². The zero-order valence-corrected chi connectivity index (χ0v) is 19.6. The van der Waals surface area contributed by atoms with Crippen molar-refractivity contribution in [2.45, 2.75) is 6.92 Å². The summed E-state index contributed by atoms with van der Waals surface area (Å²) in [5, 5.41) is 6.88. The Balaban J connectivity index is 1.60. The number of furan rings is 1. The third-order valence-corrected chi connectivity index (χ3v) is 5.16. The van der Waals surface area contributed by atoms with Gasteiger partial charge in [-0.05, 0) is 102 Å². The van der Waals surface area contributed by atoms with E-state index in [0.29, 0.717) is 21.6 Å². The van der Waals surface area contributed by atoms with E-state index in [-0.39, 0.29) is 11.0 Å². The molecule has 0 atom stereocenters. The molecule has 4 nitrogen and oxygen atoms in total. The number of benzene rings is 2. The SMILES string of the molecule is Cc1cc(I)ccc1NC(=S)NC(=O)/C=C/c1ccc(-c2cc(Cl)cc(Cl)c2)o1. The van der Waals surface area contributed by atoms with Crippen molar-refractivity contribution in [2.75, 3.05) is 5.32 Å². The molecule has 0 unspecified atom stereocenters. The van der Waals surface area contributed by atoms with Crippen LogP contribution in [0.15, 0.2) is 59.0 Å². The number of rotatable bonds is 4. The number of aryl methyl sites for hydroxylation is 1. The quantitative estimate of drug-likeness (QED) is 0.213. The molecule has 0 saturated heterocycles. The summed E-state index contributed by atoms with van der Waals surface area (Å²) in [5.41, 5.74) is 2.63. The number of anilines is 1. The third-order valence-electron chi connectivity index (χ3n) is 3.85. The highest BCUT2D eigenvalue weighted by Gasteiger charge is 2.07. The van der Waals surface area contributed by atoms with Crippen molar-refractivity contribution in [3.05, 3.63) is 79.5 Å². The second kappa shape index (κ2) is 9.75. The molecular weight excluding hydrogens is 542 g/mol. The predicted molar refractivity (Wildman–Crippen MR) is 131 cm³/mol. The molecule has 0 aliphatic heterocycles. The molecular formula is C21H15Cl2IN2O2S. The minimum atomic E-state index is -0.366. The second-order valence-corrected chi connectivity index (χ2v) is 8.62. The van der Waals surface area contributed by atoms with Gasteiger partial charge in [-0.1, -0.05) is 23.2 Å². The van der Waals surface area contributed by atoms with Crippen LogP contribution >= 0.6 is 58.0 Å². The number of amides is 1. The third kappa shape index (κ3) is 6.30. The van der Waals surface area contributed by atoms with Crippen LogP contribution in [0.4, 0.5) is 5.69 Å². The smallest absolute Gasteiger partial charge is 0.250 e. The van der Waals surface area contributed by atoms with Gasteiger partial charge in [0, 0.05) is 30.9 Å². The first kappa shape index (κ1) is 21.8. The van der Waals surface area contributed by atoms with Gasteiger partial charge in [0.15, 0.2) is 5.11 Å². The van der Waals surface area contributed by atoms with Crippen LogP contribution < -0.4 is 10.6 Å². The fourth-order valence-corrected chi connectivity index (χ4v) is 3.91. The Labute approximate surface area is 197 Å². The predicted octanol–water partition coefficient (Wildman–Crippen LogP) is 6.69. The first-order chi connectivity index (χ1) is 13.8. The van der Waals surface area contributed by atoms with Crippen LogP contribution in [0.2, 0.25) is 10.0 Å². The molecule has 0 radical (unpaired) electrons. The summed E-state index contributed by atoms with van der Waals surface area (Å²) in [6.07, 6.45) is 2.91. The zero-order chi connectivity index (χ0) is 21.0. The minimum Gasteiger partial charge on any atom is -0.457 e. The topological polar surface area (TPSA) is 54.3 Å². The summed E-state index contributed by atoms with van der Waals surface area (Å²) in [5.74, 6) is 0.744. The van der Waals surface area contributed by atoms with Gasteiger partial charge in [-0.2, -0.15) is 0 Å². The molecule has 3 rings (SSSR count). The Hall–Kier alpha value is -1.87. The van der Waals surface area contributed by atoms with Gasteiger partial charge in [0.05, 0.1) is 0 Å². The first-order valence-corrected chi connectivity index (χ1v) is 10.7. The lowest BCUT2D eigenvalue weighted by Crippen LogP contribution is -2.33. The van der Waals surface area contributed by atoms with Crippen LogP contribution in [0, 0.1) is 10.5 Å². The average molecular weight is 557 g/mol. The summed E-state index contributed by atoms with van der Waals surface area (Å²) < 4.78 is 6.85. The molecule has 0 bridgehead atoms. The highest BCUT2D eigenvalue weighted by atomic mass is 127. The maximum Gasteiger partial charge on any atom is 0.250 e. The minimum absolute atomic E-state index is 0.220. The second-order valence-electron chi connectivity index (χ2n) is 6.10. The zero-order valence-electron chi connectivity index (χ0n) is 15.1. The van der Waals surface area contributed by atoms with E-state index in [0.717, 1.165) is 20.4 Å². The maximum atomic E-state index is 12.1.